The molecule has 1 N–H and O–H groups in total. The Balaban J connectivity index is 2.73. The molecule has 1 rings (SSSR count). The number of benzene rings is 1. The fourth-order valence-corrected chi connectivity index (χ4v) is 1.25. The first-order chi connectivity index (χ1) is 6.63. The van der Waals surface area contributed by atoms with Gasteiger partial charge in [-0.1, -0.05) is 26.0 Å². The molecule has 1 aromatic rings. The highest BCUT2D eigenvalue weighted by molar-refractivity contribution is 5.82. The topological polar surface area (TPSA) is 49.0 Å². The maximum absolute atomic E-state index is 10.2. The van der Waals surface area contributed by atoms with Crippen LogP contribution in [0.4, 0.5) is 10.5 Å². The summed E-state index contributed by atoms with van der Waals surface area (Å²) in [6.45, 7) is 4.26. The summed E-state index contributed by atoms with van der Waals surface area (Å²) < 4.78 is 0. The summed E-state index contributed by atoms with van der Waals surface area (Å²) in [5.41, 5.74) is 1.77. The second-order valence-corrected chi connectivity index (χ2v) is 3.34. The van der Waals surface area contributed by atoms with Gasteiger partial charge in [0.1, 0.15) is 0 Å². The summed E-state index contributed by atoms with van der Waals surface area (Å²) in [6.07, 6.45) is -0.200. The van der Waals surface area contributed by atoms with Crippen molar-refractivity contribution in [1.29, 1.82) is 0 Å². The van der Waals surface area contributed by atoms with Crippen molar-refractivity contribution in [3.8, 4) is 0 Å². The Labute approximate surface area is 83.8 Å². The zero-order chi connectivity index (χ0) is 10.6. The summed E-state index contributed by atoms with van der Waals surface area (Å²) in [5.74, 6) is 0.506. The molecule has 0 aromatic heterocycles. The van der Waals surface area contributed by atoms with Crippen LogP contribution >= 0.6 is 0 Å². The van der Waals surface area contributed by atoms with E-state index in [1.807, 2.05) is 12.1 Å². The number of nitrogens with one attached hydrogen (secondary N) is 1. The SMILES string of the molecule is CCC(C)c1ccc(NC([O])=O)cc1. The molecule has 0 saturated heterocycles. The number of carbonyl (C=O) groups excluding carboxylic acids is 1. The predicted octanol–water partition coefficient (Wildman–Crippen LogP) is 3.16. The molecule has 1 unspecified atom stereocenters. The second kappa shape index (κ2) is 4.65. The standard InChI is InChI=1S/C11H14NO2/c1-3-8(2)9-4-6-10(7-5-9)12-11(13)14/h4-8,12H,3H2,1-2H3. The number of rotatable bonds is 3. The molecule has 1 amide bonds. The Morgan fingerprint density at radius 3 is 2.36 bits per heavy atom. The molecule has 1 aromatic carbocycles. The second-order valence-electron chi connectivity index (χ2n) is 3.34. The van der Waals surface area contributed by atoms with Gasteiger partial charge < -0.3 is 0 Å². The largest absolute Gasteiger partial charge is 0.454 e. The van der Waals surface area contributed by atoms with Gasteiger partial charge in [0.05, 0.1) is 0 Å². The van der Waals surface area contributed by atoms with E-state index in [0.717, 1.165) is 6.42 Å². The molecule has 0 heterocycles. The van der Waals surface area contributed by atoms with Crippen molar-refractivity contribution in [2.75, 3.05) is 5.32 Å². The predicted molar refractivity (Wildman–Crippen MR) is 54.9 cm³/mol. The van der Waals surface area contributed by atoms with Gasteiger partial charge in [0.15, 0.2) is 0 Å². The first kappa shape index (κ1) is 10.6. The number of amides is 1. The first-order valence-corrected chi connectivity index (χ1v) is 4.71. The van der Waals surface area contributed by atoms with Crippen LogP contribution in [-0.4, -0.2) is 6.09 Å². The van der Waals surface area contributed by atoms with Crippen molar-refractivity contribution in [2.24, 2.45) is 0 Å². The van der Waals surface area contributed by atoms with Crippen LogP contribution in [-0.2, 0) is 5.11 Å². The maximum Gasteiger partial charge on any atom is 0.454 e. The highest BCUT2D eigenvalue weighted by Gasteiger charge is 2.03. The minimum absolute atomic E-state index is 0.506. The summed E-state index contributed by atoms with van der Waals surface area (Å²) >= 11 is 0. The number of hydrogen-bond donors (Lipinski definition) is 1. The van der Waals surface area contributed by atoms with E-state index in [9.17, 15) is 9.90 Å². The molecule has 0 saturated carbocycles. The molecule has 14 heavy (non-hydrogen) atoms. The van der Waals surface area contributed by atoms with E-state index in [-0.39, 0.29) is 0 Å². The molecule has 1 radical (unpaired) electrons. The maximum atomic E-state index is 10.2. The van der Waals surface area contributed by atoms with Gasteiger partial charge >= 0.3 is 6.09 Å². The Kier molecular flexibility index (Phi) is 3.51. The third-order valence-corrected chi connectivity index (χ3v) is 2.34. The van der Waals surface area contributed by atoms with Crippen LogP contribution in [0.15, 0.2) is 24.3 Å². The molecule has 1 atom stereocenters. The van der Waals surface area contributed by atoms with E-state index in [1.165, 1.54) is 5.56 Å². The van der Waals surface area contributed by atoms with E-state index in [0.29, 0.717) is 11.6 Å². The average molecular weight is 192 g/mol. The van der Waals surface area contributed by atoms with Crippen LogP contribution in [0.5, 0.6) is 0 Å². The van der Waals surface area contributed by atoms with Crippen LogP contribution in [0.2, 0.25) is 0 Å². The molecule has 3 nitrogen and oxygen atoms in total. The Morgan fingerprint density at radius 1 is 1.36 bits per heavy atom. The van der Waals surface area contributed by atoms with Crippen LogP contribution in [0.25, 0.3) is 0 Å². The Hall–Kier alpha value is -1.51. The Bertz CT molecular complexity index is 306. The highest BCUT2D eigenvalue weighted by atomic mass is 16.4. The van der Waals surface area contributed by atoms with Gasteiger partial charge in [-0.05, 0) is 30.0 Å². The molecule has 0 fully saturated rings. The molecule has 3 heteroatoms. The van der Waals surface area contributed by atoms with Crippen LogP contribution < -0.4 is 5.32 Å². The van der Waals surface area contributed by atoms with Gasteiger partial charge in [0, 0.05) is 5.69 Å². The van der Waals surface area contributed by atoms with Crippen molar-refractivity contribution in [3.05, 3.63) is 29.8 Å². The van der Waals surface area contributed by atoms with Gasteiger partial charge in [0.2, 0.25) is 0 Å². The summed E-state index contributed by atoms with van der Waals surface area (Å²) in [7, 11) is 0. The normalized spacial score (nSPS) is 12.1. The Morgan fingerprint density at radius 2 is 1.93 bits per heavy atom. The van der Waals surface area contributed by atoms with Gasteiger partial charge in [-0.15, -0.1) is 0 Å². The fraction of sp³-hybridized carbons (Fsp3) is 0.364. The van der Waals surface area contributed by atoms with Gasteiger partial charge in [-0.2, -0.15) is 0 Å². The van der Waals surface area contributed by atoms with Gasteiger partial charge in [-0.3, -0.25) is 5.32 Å². The summed E-state index contributed by atoms with van der Waals surface area (Å²) in [4.78, 5) is 10.2. The number of anilines is 1. The summed E-state index contributed by atoms with van der Waals surface area (Å²) in [6, 6.07) is 7.35. The van der Waals surface area contributed by atoms with Crippen LogP contribution in [0.1, 0.15) is 31.7 Å². The molecule has 0 aliphatic rings. The van der Waals surface area contributed by atoms with Gasteiger partial charge in [-0.25, -0.2) is 9.90 Å². The number of carbonyl (C=O) groups is 1. The van der Waals surface area contributed by atoms with Crippen molar-refractivity contribution in [3.63, 3.8) is 0 Å². The molecular weight excluding hydrogens is 178 g/mol. The lowest BCUT2D eigenvalue weighted by Gasteiger charge is -2.09. The van der Waals surface area contributed by atoms with Crippen molar-refractivity contribution < 1.29 is 9.90 Å². The quantitative estimate of drug-likeness (QED) is 0.785. The average Bonchev–Trinajstić information content (AvgIpc) is 2.17. The van der Waals surface area contributed by atoms with E-state index < -0.39 is 6.09 Å². The molecule has 0 aliphatic carbocycles. The zero-order valence-electron chi connectivity index (χ0n) is 8.41. The van der Waals surface area contributed by atoms with Crippen molar-refractivity contribution in [2.45, 2.75) is 26.2 Å². The van der Waals surface area contributed by atoms with Gasteiger partial charge in [0.25, 0.3) is 0 Å². The van der Waals surface area contributed by atoms with Crippen molar-refractivity contribution in [1.82, 2.24) is 0 Å². The van der Waals surface area contributed by atoms with E-state index in [4.69, 9.17) is 0 Å². The lowest BCUT2D eigenvalue weighted by Crippen LogP contribution is -2.05. The minimum atomic E-state index is -1.28. The molecule has 0 spiro atoms. The highest BCUT2D eigenvalue weighted by Crippen LogP contribution is 2.20. The minimum Gasteiger partial charge on any atom is -0.288 e. The fourth-order valence-electron chi connectivity index (χ4n) is 1.25. The van der Waals surface area contributed by atoms with Crippen LogP contribution in [0.3, 0.4) is 0 Å². The molecule has 0 bridgehead atoms. The molecule has 0 aliphatic heterocycles. The zero-order valence-corrected chi connectivity index (χ0v) is 8.41. The van der Waals surface area contributed by atoms with E-state index in [1.54, 1.807) is 12.1 Å². The summed E-state index contributed by atoms with van der Waals surface area (Å²) in [5, 5.41) is 12.4. The van der Waals surface area contributed by atoms with E-state index >= 15 is 0 Å². The van der Waals surface area contributed by atoms with E-state index in [2.05, 4.69) is 19.2 Å². The van der Waals surface area contributed by atoms with Crippen molar-refractivity contribution >= 4 is 11.8 Å². The molecular formula is C11H14NO2. The first-order valence-electron chi connectivity index (χ1n) is 4.71. The lowest BCUT2D eigenvalue weighted by atomic mass is 9.99. The van der Waals surface area contributed by atoms with Crippen LogP contribution in [0, 0.1) is 0 Å². The number of hydrogen-bond acceptors (Lipinski definition) is 1. The monoisotopic (exact) mass is 192 g/mol. The smallest absolute Gasteiger partial charge is 0.288 e. The third-order valence-electron chi connectivity index (χ3n) is 2.34. The third kappa shape index (κ3) is 2.76. The lowest BCUT2D eigenvalue weighted by molar-refractivity contribution is 0.185. The molecule has 75 valence electrons.